The van der Waals surface area contributed by atoms with Gasteiger partial charge < -0.3 is 19.7 Å². The highest BCUT2D eigenvalue weighted by Crippen LogP contribution is 2.30. The molecule has 0 aromatic heterocycles. The van der Waals surface area contributed by atoms with Gasteiger partial charge in [0.2, 0.25) is 0 Å². The summed E-state index contributed by atoms with van der Waals surface area (Å²) in [6.45, 7) is 5.34. The van der Waals surface area contributed by atoms with Crippen LogP contribution < -0.4 is 10.2 Å². The van der Waals surface area contributed by atoms with E-state index in [1.807, 2.05) is 30.9 Å². The van der Waals surface area contributed by atoms with Crippen molar-refractivity contribution in [3.63, 3.8) is 0 Å². The molecule has 0 aliphatic carbocycles. The van der Waals surface area contributed by atoms with Crippen LogP contribution in [0.4, 0.5) is 17.1 Å². The maximum absolute atomic E-state index is 12.3. The standard InChI is InChI=1S/C21H23N3O6/c1-14-4-3-5-17(15(14)2)22-20(25)13-30-21(26)16-6-7-18(19(12-16)24(27)28)23-8-10-29-11-9-23/h3-7,12H,8-11,13H2,1-2H3,(H,22,25). The molecule has 2 aromatic carbocycles. The van der Waals surface area contributed by atoms with Crippen LogP contribution in [0.15, 0.2) is 36.4 Å². The van der Waals surface area contributed by atoms with Gasteiger partial charge in [-0.05, 0) is 43.2 Å². The van der Waals surface area contributed by atoms with Crippen LogP contribution in [0.25, 0.3) is 0 Å². The average molecular weight is 413 g/mol. The molecule has 30 heavy (non-hydrogen) atoms. The highest BCUT2D eigenvalue weighted by molar-refractivity contribution is 5.96. The van der Waals surface area contributed by atoms with Gasteiger partial charge in [-0.25, -0.2) is 4.79 Å². The Hall–Kier alpha value is -3.46. The molecule has 1 amide bonds. The first-order valence-corrected chi connectivity index (χ1v) is 9.51. The second kappa shape index (κ2) is 9.36. The lowest BCUT2D eigenvalue weighted by Gasteiger charge is -2.28. The van der Waals surface area contributed by atoms with Gasteiger partial charge >= 0.3 is 5.97 Å². The van der Waals surface area contributed by atoms with Crippen LogP contribution in [-0.4, -0.2) is 49.7 Å². The highest BCUT2D eigenvalue weighted by atomic mass is 16.6. The van der Waals surface area contributed by atoms with Crippen molar-refractivity contribution < 1.29 is 24.0 Å². The van der Waals surface area contributed by atoms with Crippen molar-refractivity contribution in [1.82, 2.24) is 0 Å². The first kappa shape index (κ1) is 21.3. The van der Waals surface area contributed by atoms with E-state index in [9.17, 15) is 19.7 Å². The molecule has 9 nitrogen and oxygen atoms in total. The molecule has 0 saturated carbocycles. The van der Waals surface area contributed by atoms with Gasteiger partial charge in [-0.15, -0.1) is 0 Å². The summed E-state index contributed by atoms with van der Waals surface area (Å²) < 4.78 is 10.3. The van der Waals surface area contributed by atoms with Crippen molar-refractivity contribution in [3.05, 3.63) is 63.2 Å². The highest BCUT2D eigenvalue weighted by Gasteiger charge is 2.24. The van der Waals surface area contributed by atoms with Gasteiger partial charge in [-0.2, -0.15) is 0 Å². The number of amides is 1. The number of morpholine rings is 1. The van der Waals surface area contributed by atoms with Crippen molar-refractivity contribution in [1.29, 1.82) is 0 Å². The van der Waals surface area contributed by atoms with Crippen LogP contribution in [0.1, 0.15) is 21.5 Å². The van der Waals surface area contributed by atoms with Crippen molar-refractivity contribution in [2.24, 2.45) is 0 Å². The first-order valence-electron chi connectivity index (χ1n) is 9.51. The summed E-state index contributed by atoms with van der Waals surface area (Å²) in [5.74, 6) is -1.29. The quantitative estimate of drug-likeness (QED) is 0.440. The molecular formula is C21H23N3O6. The first-order chi connectivity index (χ1) is 14.4. The van der Waals surface area contributed by atoms with Crippen molar-refractivity contribution in [2.45, 2.75) is 13.8 Å². The zero-order chi connectivity index (χ0) is 21.7. The minimum Gasteiger partial charge on any atom is -0.452 e. The Morgan fingerprint density at radius 2 is 1.93 bits per heavy atom. The predicted octanol–water partition coefficient (Wildman–Crippen LogP) is 2.84. The molecule has 1 heterocycles. The molecule has 0 bridgehead atoms. The van der Waals surface area contributed by atoms with Crippen LogP contribution in [0, 0.1) is 24.0 Å². The number of rotatable bonds is 6. The summed E-state index contributed by atoms with van der Waals surface area (Å²) in [5.41, 5.74) is 2.84. The van der Waals surface area contributed by atoms with E-state index in [0.29, 0.717) is 37.7 Å². The molecule has 0 radical (unpaired) electrons. The second-order valence-electron chi connectivity index (χ2n) is 6.93. The summed E-state index contributed by atoms with van der Waals surface area (Å²) >= 11 is 0. The third-order valence-corrected chi connectivity index (χ3v) is 4.97. The Balaban J connectivity index is 1.66. The van der Waals surface area contributed by atoms with Crippen LogP contribution >= 0.6 is 0 Å². The fourth-order valence-electron chi connectivity index (χ4n) is 3.16. The third-order valence-electron chi connectivity index (χ3n) is 4.97. The van der Waals surface area contributed by atoms with Crippen LogP contribution in [0.3, 0.4) is 0 Å². The minimum atomic E-state index is -0.803. The summed E-state index contributed by atoms with van der Waals surface area (Å²) in [6.07, 6.45) is 0. The number of carbonyl (C=O) groups is 2. The number of nitrogens with zero attached hydrogens (tertiary/aromatic N) is 2. The smallest absolute Gasteiger partial charge is 0.338 e. The Morgan fingerprint density at radius 3 is 2.63 bits per heavy atom. The topological polar surface area (TPSA) is 111 Å². The van der Waals surface area contributed by atoms with E-state index < -0.39 is 23.4 Å². The maximum Gasteiger partial charge on any atom is 0.338 e. The monoisotopic (exact) mass is 413 g/mol. The van der Waals surface area contributed by atoms with E-state index in [4.69, 9.17) is 9.47 Å². The van der Waals surface area contributed by atoms with Gasteiger partial charge in [0, 0.05) is 24.8 Å². The number of hydrogen-bond acceptors (Lipinski definition) is 7. The normalized spacial score (nSPS) is 13.6. The summed E-state index contributed by atoms with van der Waals surface area (Å²) in [5, 5.41) is 14.2. The summed E-state index contributed by atoms with van der Waals surface area (Å²) in [6, 6.07) is 9.67. The van der Waals surface area contributed by atoms with Gasteiger partial charge in [0.1, 0.15) is 5.69 Å². The molecule has 1 N–H and O–H groups in total. The molecule has 1 saturated heterocycles. The van der Waals surface area contributed by atoms with Gasteiger partial charge in [-0.3, -0.25) is 14.9 Å². The lowest BCUT2D eigenvalue weighted by Crippen LogP contribution is -2.36. The number of ether oxygens (including phenoxy) is 2. The molecule has 9 heteroatoms. The molecule has 0 atom stereocenters. The second-order valence-corrected chi connectivity index (χ2v) is 6.93. The van der Waals surface area contributed by atoms with Crippen LogP contribution in [0.5, 0.6) is 0 Å². The number of nitrogens with one attached hydrogen (secondary N) is 1. The molecule has 0 unspecified atom stereocenters. The molecule has 1 aliphatic heterocycles. The van der Waals surface area contributed by atoms with E-state index >= 15 is 0 Å². The number of esters is 1. The van der Waals surface area contributed by atoms with Crippen LogP contribution in [-0.2, 0) is 14.3 Å². The molecule has 1 fully saturated rings. The SMILES string of the molecule is Cc1cccc(NC(=O)COC(=O)c2ccc(N3CCOCC3)c([N+](=O)[O-])c2)c1C. The van der Waals surface area contributed by atoms with Gasteiger partial charge in [0.25, 0.3) is 11.6 Å². The fourth-order valence-corrected chi connectivity index (χ4v) is 3.16. The number of nitro benzene ring substituents is 1. The fraction of sp³-hybridized carbons (Fsp3) is 0.333. The number of anilines is 2. The van der Waals surface area contributed by atoms with E-state index in [2.05, 4.69) is 5.32 Å². The van der Waals surface area contributed by atoms with Crippen LogP contribution in [0.2, 0.25) is 0 Å². The zero-order valence-electron chi connectivity index (χ0n) is 16.8. The predicted molar refractivity (Wildman–Crippen MR) is 111 cm³/mol. The number of nitro groups is 1. The van der Waals surface area contributed by atoms with Gasteiger partial charge in [0.15, 0.2) is 6.61 Å². The van der Waals surface area contributed by atoms with E-state index in [1.165, 1.54) is 18.2 Å². The largest absolute Gasteiger partial charge is 0.452 e. The average Bonchev–Trinajstić information content (AvgIpc) is 2.75. The maximum atomic E-state index is 12.3. The van der Waals surface area contributed by atoms with E-state index in [0.717, 1.165) is 11.1 Å². The number of carbonyl (C=O) groups excluding carboxylic acids is 2. The molecule has 1 aliphatic rings. The number of hydrogen-bond donors (Lipinski definition) is 1. The lowest BCUT2D eigenvalue weighted by molar-refractivity contribution is -0.384. The summed E-state index contributed by atoms with van der Waals surface area (Å²) in [7, 11) is 0. The van der Waals surface area contributed by atoms with E-state index in [-0.39, 0.29) is 11.3 Å². The molecular weight excluding hydrogens is 390 g/mol. The summed E-state index contributed by atoms with van der Waals surface area (Å²) in [4.78, 5) is 37.3. The minimum absolute atomic E-state index is 0.0123. The van der Waals surface area contributed by atoms with Gasteiger partial charge in [-0.1, -0.05) is 12.1 Å². The van der Waals surface area contributed by atoms with Crippen molar-refractivity contribution >= 4 is 28.9 Å². The molecule has 158 valence electrons. The Labute approximate surface area is 173 Å². The zero-order valence-corrected chi connectivity index (χ0v) is 16.8. The Morgan fingerprint density at radius 1 is 1.20 bits per heavy atom. The number of aryl methyl sites for hydroxylation is 1. The third kappa shape index (κ3) is 4.93. The Kier molecular flexibility index (Phi) is 6.63. The van der Waals surface area contributed by atoms with Crippen molar-refractivity contribution in [2.75, 3.05) is 43.1 Å². The molecule has 2 aromatic rings. The Bertz CT molecular complexity index is 969. The molecule has 3 rings (SSSR count). The van der Waals surface area contributed by atoms with E-state index in [1.54, 1.807) is 6.07 Å². The molecule has 0 spiro atoms. The van der Waals surface area contributed by atoms with Crippen molar-refractivity contribution in [3.8, 4) is 0 Å². The number of benzene rings is 2. The lowest BCUT2D eigenvalue weighted by atomic mass is 10.1. The van der Waals surface area contributed by atoms with Gasteiger partial charge in [0.05, 0.1) is 23.7 Å².